The van der Waals surface area contributed by atoms with Crippen LogP contribution in [0, 0.1) is 5.92 Å². The molecule has 0 bridgehead atoms. The van der Waals surface area contributed by atoms with E-state index in [0.717, 1.165) is 38.0 Å². The highest BCUT2D eigenvalue weighted by Crippen LogP contribution is 2.25. The molecule has 0 unspecified atom stereocenters. The summed E-state index contributed by atoms with van der Waals surface area (Å²) in [5, 5.41) is 6.36. The van der Waals surface area contributed by atoms with E-state index in [9.17, 15) is 4.79 Å². The maximum Gasteiger partial charge on any atom is 0.227 e. The summed E-state index contributed by atoms with van der Waals surface area (Å²) in [5.41, 5.74) is 3.84. The van der Waals surface area contributed by atoms with E-state index >= 15 is 0 Å². The number of amides is 1. The van der Waals surface area contributed by atoms with Gasteiger partial charge in [0.25, 0.3) is 0 Å². The molecule has 1 aliphatic carbocycles. The van der Waals surface area contributed by atoms with Crippen LogP contribution in [-0.2, 0) is 17.6 Å². The minimum Gasteiger partial charge on any atom is -0.326 e. The van der Waals surface area contributed by atoms with Gasteiger partial charge in [-0.05, 0) is 68.5 Å². The third kappa shape index (κ3) is 2.41. The van der Waals surface area contributed by atoms with E-state index in [1.165, 1.54) is 24.0 Å². The zero-order valence-corrected chi connectivity index (χ0v) is 10.7. The summed E-state index contributed by atoms with van der Waals surface area (Å²) in [4.78, 5) is 12.1. The van der Waals surface area contributed by atoms with Crippen LogP contribution < -0.4 is 10.6 Å². The van der Waals surface area contributed by atoms with Crippen LogP contribution in [0.4, 0.5) is 5.69 Å². The molecule has 0 aromatic heterocycles. The molecule has 1 aromatic carbocycles. The van der Waals surface area contributed by atoms with Gasteiger partial charge < -0.3 is 10.6 Å². The van der Waals surface area contributed by atoms with Crippen molar-refractivity contribution in [3.8, 4) is 0 Å². The van der Waals surface area contributed by atoms with Gasteiger partial charge >= 0.3 is 0 Å². The van der Waals surface area contributed by atoms with Gasteiger partial charge in [0.05, 0.1) is 0 Å². The lowest BCUT2D eigenvalue weighted by atomic mass is 9.97. The smallest absolute Gasteiger partial charge is 0.227 e. The lowest BCUT2D eigenvalue weighted by Gasteiger charge is -2.21. The van der Waals surface area contributed by atoms with Crippen LogP contribution in [0.2, 0.25) is 0 Å². The number of nitrogens with one attached hydrogen (secondary N) is 2. The molecular formula is C15H20N2O. The van der Waals surface area contributed by atoms with Gasteiger partial charge in [0.1, 0.15) is 0 Å². The summed E-state index contributed by atoms with van der Waals surface area (Å²) in [6, 6.07) is 6.37. The lowest BCUT2D eigenvalue weighted by molar-refractivity contribution is -0.120. The van der Waals surface area contributed by atoms with Gasteiger partial charge in [-0.25, -0.2) is 0 Å². The highest BCUT2D eigenvalue weighted by atomic mass is 16.1. The van der Waals surface area contributed by atoms with Crippen molar-refractivity contribution in [2.75, 3.05) is 18.4 Å². The van der Waals surface area contributed by atoms with Crippen LogP contribution in [0.25, 0.3) is 0 Å². The molecule has 1 heterocycles. The van der Waals surface area contributed by atoms with Gasteiger partial charge in [0.2, 0.25) is 5.91 Å². The van der Waals surface area contributed by atoms with E-state index in [1.807, 2.05) is 6.07 Å². The Morgan fingerprint density at radius 1 is 1.17 bits per heavy atom. The fourth-order valence-corrected chi connectivity index (χ4v) is 2.98. The van der Waals surface area contributed by atoms with E-state index in [0.29, 0.717) is 0 Å². The molecule has 0 atom stereocenters. The van der Waals surface area contributed by atoms with E-state index in [1.54, 1.807) is 0 Å². The number of fused-ring (bicyclic) bond motifs is 1. The molecular weight excluding hydrogens is 224 g/mol. The number of aryl methyl sites for hydroxylation is 2. The molecule has 1 aromatic rings. The van der Waals surface area contributed by atoms with Crippen LogP contribution in [0.1, 0.15) is 30.4 Å². The average molecular weight is 244 g/mol. The third-order valence-electron chi connectivity index (χ3n) is 4.08. The number of piperidine rings is 1. The molecule has 0 radical (unpaired) electrons. The van der Waals surface area contributed by atoms with Crippen molar-refractivity contribution in [1.82, 2.24) is 5.32 Å². The summed E-state index contributed by atoms with van der Waals surface area (Å²) in [6.07, 6.45) is 5.51. The average Bonchev–Trinajstić information content (AvgIpc) is 2.87. The molecule has 1 amide bonds. The minimum absolute atomic E-state index is 0.180. The van der Waals surface area contributed by atoms with E-state index in [2.05, 4.69) is 22.8 Å². The second kappa shape index (κ2) is 5.11. The Hall–Kier alpha value is -1.35. The third-order valence-corrected chi connectivity index (χ3v) is 4.08. The van der Waals surface area contributed by atoms with Crippen molar-refractivity contribution >= 4 is 11.6 Å². The quantitative estimate of drug-likeness (QED) is 0.836. The number of hydrogen-bond acceptors (Lipinski definition) is 2. The van der Waals surface area contributed by atoms with Crippen molar-refractivity contribution in [2.45, 2.75) is 32.1 Å². The number of carbonyl (C=O) groups is 1. The topological polar surface area (TPSA) is 41.1 Å². The first-order chi connectivity index (χ1) is 8.83. The molecule has 1 saturated heterocycles. The summed E-state index contributed by atoms with van der Waals surface area (Å²) in [5.74, 6) is 0.369. The molecule has 3 rings (SSSR count). The van der Waals surface area contributed by atoms with Crippen LogP contribution in [0.5, 0.6) is 0 Å². The van der Waals surface area contributed by atoms with Crippen LogP contribution in [-0.4, -0.2) is 19.0 Å². The highest BCUT2D eigenvalue weighted by Gasteiger charge is 2.21. The molecule has 0 saturated carbocycles. The molecule has 1 fully saturated rings. The fourth-order valence-electron chi connectivity index (χ4n) is 2.98. The number of benzene rings is 1. The number of rotatable bonds is 2. The molecule has 18 heavy (non-hydrogen) atoms. The summed E-state index contributed by atoms with van der Waals surface area (Å²) >= 11 is 0. The predicted octanol–water partition coefficient (Wildman–Crippen LogP) is 2.11. The Labute approximate surface area is 108 Å². The normalized spacial score (nSPS) is 19.6. The van der Waals surface area contributed by atoms with Gasteiger partial charge in [0.15, 0.2) is 0 Å². The maximum absolute atomic E-state index is 12.1. The Kier molecular flexibility index (Phi) is 3.33. The van der Waals surface area contributed by atoms with Crippen molar-refractivity contribution in [3.05, 3.63) is 29.3 Å². The first-order valence-corrected chi connectivity index (χ1v) is 6.96. The predicted molar refractivity (Wildman–Crippen MR) is 72.7 cm³/mol. The summed E-state index contributed by atoms with van der Waals surface area (Å²) in [6.45, 7) is 1.92. The Bertz CT molecular complexity index is 450. The first kappa shape index (κ1) is 11.7. The minimum atomic E-state index is 0.180. The van der Waals surface area contributed by atoms with Gasteiger partial charge in [-0.15, -0.1) is 0 Å². The van der Waals surface area contributed by atoms with Gasteiger partial charge in [0, 0.05) is 11.6 Å². The lowest BCUT2D eigenvalue weighted by Crippen LogP contribution is -2.34. The van der Waals surface area contributed by atoms with Gasteiger partial charge in [-0.2, -0.15) is 0 Å². The number of hydrogen-bond donors (Lipinski definition) is 2. The molecule has 3 heteroatoms. The molecule has 2 aliphatic rings. The first-order valence-electron chi connectivity index (χ1n) is 6.96. The number of carbonyl (C=O) groups excluding carboxylic acids is 1. The van der Waals surface area contributed by atoms with Crippen molar-refractivity contribution in [1.29, 1.82) is 0 Å². The standard InChI is InChI=1S/C15H20N2O/c18-15(12-6-8-16-9-7-12)17-14-5-4-11-2-1-3-13(11)10-14/h4-5,10,12,16H,1-3,6-9H2,(H,17,18). The second-order valence-corrected chi connectivity index (χ2v) is 5.35. The largest absolute Gasteiger partial charge is 0.326 e. The molecule has 2 N–H and O–H groups in total. The summed E-state index contributed by atoms with van der Waals surface area (Å²) in [7, 11) is 0. The monoisotopic (exact) mass is 244 g/mol. The SMILES string of the molecule is O=C(Nc1ccc2c(c1)CCC2)C1CCNCC1. The molecule has 3 nitrogen and oxygen atoms in total. The second-order valence-electron chi connectivity index (χ2n) is 5.35. The highest BCUT2D eigenvalue weighted by molar-refractivity contribution is 5.92. The maximum atomic E-state index is 12.1. The van der Waals surface area contributed by atoms with Crippen molar-refractivity contribution < 1.29 is 4.79 Å². The number of anilines is 1. The van der Waals surface area contributed by atoms with Crippen LogP contribution >= 0.6 is 0 Å². The Morgan fingerprint density at radius 2 is 1.94 bits per heavy atom. The summed E-state index contributed by atoms with van der Waals surface area (Å²) < 4.78 is 0. The fraction of sp³-hybridized carbons (Fsp3) is 0.533. The zero-order chi connectivity index (χ0) is 12.4. The molecule has 1 aliphatic heterocycles. The van der Waals surface area contributed by atoms with Crippen molar-refractivity contribution in [2.24, 2.45) is 5.92 Å². The van der Waals surface area contributed by atoms with Crippen LogP contribution in [0.15, 0.2) is 18.2 Å². The molecule has 96 valence electrons. The van der Waals surface area contributed by atoms with Crippen molar-refractivity contribution in [3.63, 3.8) is 0 Å². The molecule has 0 spiro atoms. The van der Waals surface area contributed by atoms with Gasteiger partial charge in [-0.3, -0.25) is 4.79 Å². The van der Waals surface area contributed by atoms with Crippen LogP contribution in [0.3, 0.4) is 0 Å². The Balaban J connectivity index is 1.66. The van der Waals surface area contributed by atoms with E-state index in [4.69, 9.17) is 0 Å². The Morgan fingerprint density at radius 3 is 2.78 bits per heavy atom. The zero-order valence-electron chi connectivity index (χ0n) is 10.7. The van der Waals surface area contributed by atoms with Gasteiger partial charge in [-0.1, -0.05) is 6.07 Å². The van der Waals surface area contributed by atoms with E-state index in [-0.39, 0.29) is 11.8 Å². The van der Waals surface area contributed by atoms with E-state index < -0.39 is 0 Å².